The van der Waals surface area contributed by atoms with Gasteiger partial charge in [0.1, 0.15) is 0 Å². The predicted molar refractivity (Wildman–Crippen MR) is 289 cm³/mol. The minimum atomic E-state index is -1.56. The van der Waals surface area contributed by atoms with Gasteiger partial charge in [-0.05, 0) is 138 Å². The fourth-order valence-electron chi connectivity index (χ4n) is 6.34. The van der Waals surface area contributed by atoms with Crippen molar-refractivity contribution >= 4 is 48.6 Å². The normalized spacial score (nSPS) is 9.44. The Balaban J connectivity index is -0.000000165. The first-order chi connectivity index (χ1) is 28.8. The van der Waals surface area contributed by atoms with Gasteiger partial charge >= 0.3 is 103 Å². The first-order valence-electron chi connectivity index (χ1n) is 22.0. The molecule has 4 aromatic heterocycles. The number of nitrogens with zero attached hydrogens (tertiary/aromatic N) is 4. The Hall–Kier alpha value is -3.94. The van der Waals surface area contributed by atoms with E-state index >= 15 is 0 Å². The van der Waals surface area contributed by atoms with Crippen molar-refractivity contribution in [2.45, 2.75) is 197 Å². The molecule has 0 radical (unpaired) electrons. The molecule has 0 bridgehead atoms. The molecule has 0 atom stereocenters. The number of carbonyl (C=O) groups is 4. The molecule has 0 amide bonds. The summed E-state index contributed by atoms with van der Waals surface area (Å²) in [5, 5.41) is 15.2. The van der Waals surface area contributed by atoms with Gasteiger partial charge in [0.05, 0.1) is 0 Å². The molecule has 0 aromatic carbocycles. The van der Waals surface area contributed by atoms with Crippen molar-refractivity contribution < 1.29 is 29.2 Å². The summed E-state index contributed by atoms with van der Waals surface area (Å²) in [5.74, 6) is 0.384. The van der Waals surface area contributed by atoms with Crippen molar-refractivity contribution in [2.24, 2.45) is 0 Å². The zero-order valence-corrected chi connectivity index (χ0v) is 44.2. The predicted octanol–water partition coefficient (Wildman–Crippen LogP) is 14.7. The van der Waals surface area contributed by atoms with Crippen LogP contribution in [0.25, 0.3) is 0 Å². The summed E-state index contributed by atoms with van der Waals surface area (Å²) in [4.78, 5) is 63.1. The average Bonchev–Trinajstić information content (AvgIpc) is 3.15. The second kappa shape index (κ2) is 40.2. The van der Waals surface area contributed by atoms with Crippen LogP contribution >= 0.6 is 0 Å². The van der Waals surface area contributed by atoms with Crippen molar-refractivity contribution in [2.75, 3.05) is 0 Å². The number of carbonyl (C=O) groups excluding carboxylic acids is 4. The number of hydrogen-bond acceptors (Lipinski definition) is 10. The van der Waals surface area contributed by atoms with Gasteiger partial charge in [-0.15, -0.1) is 0 Å². The zero-order valence-electron chi connectivity index (χ0n) is 41.4. The average molecular weight is 1030 g/mol. The topological polar surface area (TPSA) is 160 Å². The molecule has 66 heavy (non-hydrogen) atoms. The summed E-state index contributed by atoms with van der Waals surface area (Å²) in [7, 11) is -1.17. The van der Waals surface area contributed by atoms with Crippen molar-refractivity contribution in [1.82, 2.24) is 19.9 Å². The van der Waals surface area contributed by atoms with Gasteiger partial charge in [-0.3, -0.25) is 39.1 Å². The molecule has 0 saturated carbocycles. The molecule has 2 N–H and O–H groups in total. The number of ketones is 4. The van der Waals surface area contributed by atoms with E-state index in [4.69, 9.17) is 10.0 Å². The SMILES string of the molecule is C.C.C.C.CB(O)O.CC(=O)c1cc(C)nc(C)c1.CC(=O)c1cc(C)nc(C)c1.CC(=O)c1cc(C)nc(C)c1.CC(=O)c1cc(C)nc(C)c1.CCC[CH2][Sn]([CH3])([CH2]CCC)[CH2]CCC. The number of aromatic nitrogens is 4. The summed E-state index contributed by atoms with van der Waals surface area (Å²) < 4.78 is 4.97. The van der Waals surface area contributed by atoms with E-state index in [-0.39, 0.29) is 52.8 Å². The molecule has 4 heterocycles. The first kappa shape index (κ1) is 73.6. The van der Waals surface area contributed by atoms with Gasteiger partial charge in [-0.2, -0.15) is 0 Å². The van der Waals surface area contributed by atoms with Gasteiger partial charge in [0, 0.05) is 67.8 Å². The van der Waals surface area contributed by atoms with E-state index < -0.39 is 25.5 Å². The van der Waals surface area contributed by atoms with E-state index in [1.807, 2.05) is 55.4 Å². The maximum atomic E-state index is 10.9. The summed E-state index contributed by atoms with van der Waals surface area (Å²) in [5.41, 5.74) is 10.2. The van der Waals surface area contributed by atoms with E-state index in [0.717, 1.165) is 67.8 Å². The number of unbranched alkanes of at least 4 members (excludes halogenated alkanes) is 3. The second-order valence-electron chi connectivity index (χ2n) is 16.5. The van der Waals surface area contributed by atoms with Crippen LogP contribution in [0.15, 0.2) is 48.5 Å². The third-order valence-electron chi connectivity index (χ3n) is 9.35. The van der Waals surface area contributed by atoms with Crippen molar-refractivity contribution in [3.8, 4) is 0 Å². The Kier molecular flexibility index (Phi) is 44.8. The Morgan fingerprint density at radius 2 is 0.561 bits per heavy atom. The molecule has 0 aliphatic carbocycles. The Bertz CT molecular complexity index is 1630. The third kappa shape index (κ3) is 37.2. The molecule has 0 saturated heterocycles. The molecular weight excluding hydrogens is 930 g/mol. The van der Waals surface area contributed by atoms with Gasteiger partial charge in [-0.1, -0.05) is 29.7 Å². The molecule has 0 aliphatic rings. The number of Topliss-reactive ketones (excluding diaryl/α,β-unsaturated/α-hetero) is 4. The summed E-state index contributed by atoms with van der Waals surface area (Å²) >= 11 is -1.56. The molecular formula is C54H95BN4O6Sn. The van der Waals surface area contributed by atoms with Crippen LogP contribution in [0.1, 0.15) is 204 Å². The molecule has 0 fully saturated rings. The fraction of sp³-hybridized carbons (Fsp3) is 0.556. The fourth-order valence-corrected chi connectivity index (χ4v) is 18.8. The molecule has 0 unspecified atom stereocenters. The van der Waals surface area contributed by atoms with Crippen LogP contribution in [0.5, 0.6) is 0 Å². The number of aryl methyl sites for hydroxylation is 8. The maximum absolute atomic E-state index is 10.9. The van der Waals surface area contributed by atoms with Crippen LogP contribution < -0.4 is 0 Å². The van der Waals surface area contributed by atoms with E-state index in [0.29, 0.717) is 0 Å². The van der Waals surface area contributed by atoms with Gasteiger partial charge in [-0.25, -0.2) is 0 Å². The summed E-state index contributed by atoms with van der Waals surface area (Å²) in [6.45, 7) is 29.7. The van der Waals surface area contributed by atoms with Crippen LogP contribution in [-0.2, 0) is 0 Å². The minimum absolute atomic E-state index is 0. The van der Waals surface area contributed by atoms with Crippen molar-refractivity contribution in [3.05, 3.63) is 116 Å². The van der Waals surface area contributed by atoms with Crippen LogP contribution in [0.4, 0.5) is 0 Å². The first-order valence-corrected chi connectivity index (χ1v) is 30.9. The van der Waals surface area contributed by atoms with Crippen LogP contribution in [0.2, 0.25) is 25.1 Å². The van der Waals surface area contributed by atoms with Crippen LogP contribution in [0.3, 0.4) is 0 Å². The monoisotopic (exact) mass is 1030 g/mol. The molecule has 4 rings (SSSR count). The van der Waals surface area contributed by atoms with Crippen molar-refractivity contribution in [3.63, 3.8) is 0 Å². The second-order valence-corrected chi connectivity index (χ2v) is 31.1. The van der Waals surface area contributed by atoms with Gasteiger partial charge in [0.15, 0.2) is 23.1 Å². The van der Waals surface area contributed by atoms with Gasteiger partial charge < -0.3 is 10.0 Å². The Labute approximate surface area is 409 Å². The van der Waals surface area contributed by atoms with Crippen LogP contribution in [-0.4, -0.2) is 78.6 Å². The summed E-state index contributed by atoms with van der Waals surface area (Å²) in [6, 6.07) is 14.4. The molecule has 0 aliphatic heterocycles. The number of pyridine rings is 4. The van der Waals surface area contributed by atoms with Gasteiger partial charge in [0.2, 0.25) is 0 Å². The van der Waals surface area contributed by atoms with E-state index in [2.05, 4.69) is 45.6 Å². The standard InChI is InChI=1S/4C9H11NO.3C4H9.CH5BO2.4CH4.CH3.Sn/c4*1-6-4-9(8(3)11)5-7(2)10-6;3*1-3-4-2;1-2(3)4;;;;;;/h4*4-5H,1-3H3;3*1,3-4H2,2H3;3-4H,1H3;4*1H4;1H3;. The zero-order chi connectivity index (χ0) is 48.2. The number of rotatable bonds is 13. The van der Waals surface area contributed by atoms with E-state index in [1.165, 1.54) is 45.3 Å². The van der Waals surface area contributed by atoms with Crippen LogP contribution in [0, 0.1) is 55.4 Å². The molecule has 10 nitrogen and oxygen atoms in total. The molecule has 0 spiro atoms. The Morgan fingerprint density at radius 1 is 0.424 bits per heavy atom. The molecule has 12 heteroatoms. The quantitative estimate of drug-likeness (QED) is 0.0974. The third-order valence-corrected chi connectivity index (χ3v) is 22.7. The van der Waals surface area contributed by atoms with Crippen molar-refractivity contribution in [1.29, 1.82) is 0 Å². The Morgan fingerprint density at radius 3 is 0.667 bits per heavy atom. The van der Waals surface area contributed by atoms with E-state index in [1.54, 1.807) is 89.5 Å². The van der Waals surface area contributed by atoms with Gasteiger partial charge in [0.25, 0.3) is 0 Å². The number of hydrogen-bond donors (Lipinski definition) is 2. The summed E-state index contributed by atoms with van der Waals surface area (Å²) in [6.07, 6.45) is 8.76. The molecule has 4 aromatic rings. The van der Waals surface area contributed by atoms with E-state index in [9.17, 15) is 19.2 Å². The molecule has 374 valence electrons.